The third kappa shape index (κ3) is 4.69. The van der Waals surface area contributed by atoms with E-state index in [9.17, 15) is 4.79 Å². The highest BCUT2D eigenvalue weighted by Gasteiger charge is 2.24. The van der Waals surface area contributed by atoms with Crippen LogP contribution < -0.4 is 20.1 Å². The molecule has 2 heterocycles. The summed E-state index contributed by atoms with van der Waals surface area (Å²) in [6.07, 6.45) is 1.54. The number of ether oxygens (including phenoxy) is 2. The fourth-order valence-corrected chi connectivity index (χ4v) is 3.74. The van der Waals surface area contributed by atoms with Crippen LogP contribution in [0.1, 0.15) is 29.5 Å². The molecule has 0 saturated heterocycles. The molecule has 142 valence electrons. The number of halogens is 1. The second-order valence-electron chi connectivity index (χ2n) is 6.16. The zero-order valence-corrected chi connectivity index (χ0v) is 16.7. The maximum Gasteiger partial charge on any atom is 0.244 e. The monoisotopic (exact) mass is 396 g/mol. The van der Waals surface area contributed by atoms with E-state index in [0.717, 1.165) is 17.0 Å². The van der Waals surface area contributed by atoms with Crippen molar-refractivity contribution < 1.29 is 14.3 Å². The van der Waals surface area contributed by atoms with E-state index in [4.69, 9.17) is 15.2 Å². The molecule has 1 amide bonds. The predicted molar refractivity (Wildman–Crippen MR) is 108 cm³/mol. The van der Waals surface area contributed by atoms with Gasteiger partial charge in [-0.05, 0) is 37.6 Å². The number of hydrogen-bond donors (Lipinski definition) is 1. The summed E-state index contributed by atoms with van der Waals surface area (Å²) in [5, 5.41) is 0. The van der Waals surface area contributed by atoms with Crippen LogP contribution in [0.4, 0.5) is 5.69 Å². The van der Waals surface area contributed by atoms with Crippen LogP contribution in [0.3, 0.4) is 0 Å². The molecule has 0 spiro atoms. The molecule has 0 bridgehead atoms. The van der Waals surface area contributed by atoms with Crippen LogP contribution in [-0.4, -0.2) is 25.2 Å². The van der Waals surface area contributed by atoms with Crippen LogP contribution in [0.2, 0.25) is 0 Å². The number of rotatable bonds is 6. The fraction of sp³-hybridized carbons (Fsp3) is 0.421. The first kappa shape index (κ1) is 20.6. The number of aryl methyl sites for hydroxylation is 1. The molecule has 2 N–H and O–H groups in total. The van der Waals surface area contributed by atoms with Crippen LogP contribution in [0, 0.1) is 6.92 Å². The van der Waals surface area contributed by atoms with Gasteiger partial charge in [-0.2, -0.15) is 0 Å². The third-order valence-electron chi connectivity index (χ3n) is 4.13. The highest BCUT2D eigenvalue weighted by Crippen LogP contribution is 2.35. The van der Waals surface area contributed by atoms with Gasteiger partial charge in [0.2, 0.25) is 5.91 Å². The maximum atomic E-state index is 12.9. The molecule has 1 aromatic heterocycles. The molecule has 1 aliphatic heterocycles. The lowest BCUT2D eigenvalue weighted by Crippen LogP contribution is -2.43. The topological polar surface area (TPSA) is 64.8 Å². The van der Waals surface area contributed by atoms with E-state index in [1.54, 1.807) is 16.2 Å². The fourth-order valence-electron chi connectivity index (χ4n) is 2.86. The number of benzene rings is 1. The highest BCUT2D eigenvalue weighted by atomic mass is 35.5. The first-order chi connectivity index (χ1) is 12.1. The molecule has 26 heavy (non-hydrogen) atoms. The Morgan fingerprint density at radius 2 is 1.96 bits per heavy atom. The van der Waals surface area contributed by atoms with Crippen molar-refractivity contribution in [2.45, 2.75) is 39.3 Å². The van der Waals surface area contributed by atoms with E-state index < -0.39 is 6.04 Å². The maximum absolute atomic E-state index is 12.9. The zero-order valence-electron chi connectivity index (χ0n) is 15.1. The number of nitrogens with zero attached hydrogens (tertiary/aromatic N) is 1. The van der Waals surface area contributed by atoms with Gasteiger partial charge in [0, 0.05) is 21.5 Å². The average molecular weight is 397 g/mol. The molecular weight excluding hydrogens is 372 g/mol. The van der Waals surface area contributed by atoms with E-state index in [2.05, 4.69) is 19.1 Å². The summed E-state index contributed by atoms with van der Waals surface area (Å²) in [5.41, 5.74) is 6.90. The average Bonchev–Trinajstić information content (AvgIpc) is 3.04. The first-order valence-corrected chi connectivity index (χ1v) is 9.42. The number of nitrogens with two attached hydrogens (primary N) is 1. The first-order valence-electron chi connectivity index (χ1n) is 8.60. The normalized spacial score (nSPS) is 13.7. The number of anilines is 1. The molecule has 5 nitrogen and oxygen atoms in total. The molecule has 1 aliphatic rings. The molecule has 0 saturated carbocycles. The molecule has 0 radical (unpaired) electrons. The van der Waals surface area contributed by atoms with Gasteiger partial charge in [0.15, 0.2) is 11.5 Å². The van der Waals surface area contributed by atoms with Crippen LogP contribution in [0.25, 0.3) is 0 Å². The van der Waals surface area contributed by atoms with Gasteiger partial charge in [0.1, 0.15) is 13.2 Å². The Bertz CT molecular complexity index is 750. The molecule has 1 atom stereocenters. The quantitative estimate of drug-likeness (QED) is 0.803. The van der Waals surface area contributed by atoms with Gasteiger partial charge >= 0.3 is 0 Å². The van der Waals surface area contributed by atoms with Crippen molar-refractivity contribution in [1.82, 2.24) is 0 Å². The van der Waals surface area contributed by atoms with Crippen molar-refractivity contribution in [2.24, 2.45) is 5.73 Å². The van der Waals surface area contributed by atoms with E-state index in [0.29, 0.717) is 37.7 Å². The van der Waals surface area contributed by atoms with Gasteiger partial charge < -0.3 is 20.1 Å². The number of carbonyl (C=O) groups is 1. The van der Waals surface area contributed by atoms with E-state index >= 15 is 0 Å². The Kier molecular flexibility index (Phi) is 7.32. The zero-order chi connectivity index (χ0) is 17.8. The Morgan fingerprint density at radius 3 is 2.62 bits per heavy atom. The van der Waals surface area contributed by atoms with E-state index in [1.165, 1.54) is 4.88 Å². The van der Waals surface area contributed by atoms with Crippen LogP contribution in [0.15, 0.2) is 30.3 Å². The summed E-state index contributed by atoms with van der Waals surface area (Å²) in [7, 11) is 0. The Morgan fingerprint density at radius 1 is 1.23 bits per heavy atom. The lowest BCUT2D eigenvalue weighted by atomic mass is 10.1. The standard InChI is InChI=1S/C19H24N2O3S.ClH/c1-3-4-16(20)19(22)21(12-15-7-5-13(2)25-15)14-6-8-17-18(11-14)24-10-9-23-17;/h5-8,11,16H,3-4,9-10,12,20H2,1-2H3;1H. The molecular formula is C19H25ClN2O3S. The minimum atomic E-state index is -0.501. The van der Waals surface area contributed by atoms with Gasteiger partial charge in [0.25, 0.3) is 0 Å². The molecule has 1 aromatic carbocycles. The summed E-state index contributed by atoms with van der Waals surface area (Å²) < 4.78 is 11.2. The van der Waals surface area contributed by atoms with Gasteiger partial charge in [-0.3, -0.25) is 4.79 Å². The van der Waals surface area contributed by atoms with Crippen molar-refractivity contribution in [3.63, 3.8) is 0 Å². The molecule has 3 rings (SSSR count). The lowest BCUT2D eigenvalue weighted by Gasteiger charge is -2.27. The third-order valence-corrected chi connectivity index (χ3v) is 5.12. The van der Waals surface area contributed by atoms with Gasteiger partial charge in [-0.15, -0.1) is 23.7 Å². The summed E-state index contributed by atoms with van der Waals surface area (Å²) in [6.45, 7) is 5.67. The van der Waals surface area contributed by atoms with Crippen LogP contribution in [-0.2, 0) is 11.3 Å². The number of thiophene rings is 1. The molecule has 0 aliphatic carbocycles. The van der Waals surface area contributed by atoms with Gasteiger partial charge in [0.05, 0.1) is 12.6 Å². The van der Waals surface area contributed by atoms with Gasteiger partial charge in [-0.25, -0.2) is 0 Å². The van der Waals surface area contributed by atoms with Crippen molar-refractivity contribution in [2.75, 3.05) is 18.1 Å². The molecule has 0 fully saturated rings. The second kappa shape index (κ2) is 9.26. The number of fused-ring (bicyclic) bond motifs is 1. The summed E-state index contributed by atoms with van der Waals surface area (Å²) >= 11 is 1.69. The second-order valence-corrected chi connectivity index (χ2v) is 7.53. The summed E-state index contributed by atoms with van der Waals surface area (Å²) in [5.74, 6) is 1.32. The van der Waals surface area contributed by atoms with Crippen molar-refractivity contribution in [3.8, 4) is 11.5 Å². The van der Waals surface area contributed by atoms with Crippen LogP contribution >= 0.6 is 23.7 Å². The number of amides is 1. The predicted octanol–water partition coefficient (Wildman–Crippen LogP) is 3.91. The minimum absolute atomic E-state index is 0. The van der Waals surface area contributed by atoms with Gasteiger partial charge in [-0.1, -0.05) is 13.3 Å². The van der Waals surface area contributed by atoms with Crippen molar-refractivity contribution in [3.05, 3.63) is 40.1 Å². The van der Waals surface area contributed by atoms with Crippen LogP contribution in [0.5, 0.6) is 11.5 Å². The largest absolute Gasteiger partial charge is 0.486 e. The number of carbonyl (C=O) groups excluding carboxylic acids is 1. The molecule has 7 heteroatoms. The van der Waals surface area contributed by atoms with E-state index in [1.807, 2.05) is 25.1 Å². The van der Waals surface area contributed by atoms with Crippen molar-refractivity contribution in [1.29, 1.82) is 0 Å². The smallest absolute Gasteiger partial charge is 0.244 e. The van der Waals surface area contributed by atoms with E-state index in [-0.39, 0.29) is 18.3 Å². The summed E-state index contributed by atoms with van der Waals surface area (Å²) in [6, 6.07) is 9.24. The Labute approximate surface area is 164 Å². The highest BCUT2D eigenvalue weighted by molar-refractivity contribution is 7.11. The lowest BCUT2D eigenvalue weighted by molar-refractivity contribution is -0.120. The van der Waals surface area contributed by atoms with Crippen molar-refractivity contribution >= 4 is 35.3 Å². The SMILES string of the molecule is CCCC(N)C(=O)N(Cc1ccc(C)s1)c1ccc2c(c1)OCCO2.Cl. The Hall–Kier alpha value is -1.76. The Balaban J connectivity index is 0.00000243. The molecule has 2 aromatic rings. The minimum Gasteiger partial charge on any atom is -0.486 e. The molecule has 1 unspecified atom stereocenters. The summed E-state index contributed by atoms with van der Waals surface area (Å²) in [4.78, 5) is 17.1. The number of hydrogen-bond acceptors (Lipinski definition) is 5.